The predicted octanol–water partition coefficient (Wildman–Crippen LogP) is 2.01. The van der Waals surface area contributed by atoms with Crippen LogP contribution in [0.3, 0.4) is 0 Å². The zero-order valence-electron chi connectivity index (χ0n) is 17.1. The second-order valence-corrected chi connectivity index (χ2v) is 7.88. The van der Waals surface area contributed by atoms with Crippen molar-refractivity contribution in [1.82, 2.24) is 0 Å². The Bertz CT molecular complexity index is 1410. The smallest absolute Gasteiger partial charge is 0.288 e. The van der Waals surface area contributed by atoms with Crippen molar-refractivity contribution in [1.29, 1.82) is 0 Å². The molecule has 0 N–H and O–H groups in total. The summed E-state index contributed by atoms with van der Waals surface area (Å²) in [5, 5.41) is 3.14. The Balaban J connectivity index is 0.000000471. The third-order valence-corrected chi connectivity index (χ3v) is 4.99. The van der Waals surface area contributed by atoms with Crippen LogP contribution in [0.2, 0.25) is 0 Å². The van der Waals surface area contributed by atoms with Crippen LogP contribution in [0.25, 0.3) is 33.1 Å². The van der Waals surface area contributed by atoms with E-state index in [1.165, 1.54) is 0 Å². The first-order valence-electron chi connectivity index (χ1n) is 9.87. The molecule has 0 saturated carbocycles. The number of ketones is 1. The highest BCUT2D eigenvalue weighted by atomic mass is 35.7. The minimum Gasteiger partial charge on any atom is -0.288 e. The number of carbonyl (C=O) groups excluding carboxylic acids is 1. The summed E-state index contributed by atoms with van der Waals surface area (Å²) in [5.74, 6) is 0.551. The van der Waals surface area contributed by atoms with Crippen molar-refractivity contribution in [3.63, 3.8) is 0 Å². The average molecular weight is 461 g/mol. The van der Waals surface area contributed by atoms with Crippen molar-refractivity contribution in [3.05, 3.63) is 114 Å². The highest BCUT2D eigenvalue weighted by Crippen LogP contribution is 2.34. The maximum Gasteiger partial charge on any atom is 0.371 e. The van der Waals surface area contributed by atoms with Crippen LogP contribution in [-0.4, -0.2) is 5.78 Å². The SMILES string of the molecule is O=C(c1ccccc1)c1cc2c(ccc3ccccc32)[o+]c1-c1ccccc1.[O-][Cl+3]([O-])([O-])[O-]. The summed E-state index contributed by atoms with van der Waals surface area (Å²) in [6.45, 7) is 0. The molecular formula is C26H17ClO6. The minimum absolute atomic E-state index is 0.0435. The quantitative estimate of drug-likeness (QED) is 0.231. The van der Waals surface area contributed by atoms with E-state index in [1.54, 1.807) is 0 Å². The van der Waals surface area contributed by atoms with E-state index in [1.807, 2.05) is 84.9 Å². The topological polar surface area (TPSA) is 121 Å². The molecule has 0 aliphatic heterocycles. The lowest BCUT2D eigenvalue weighted by Crippen LogP contribution is -2.68. The van der Waals surface area contributed by atoms with Crippen LogP contribution in [0.4, 0.5) is 0 Å². The van der Waals surface area contributed by atoms with Crippen molar-refractivity contribution < 1.29 is 38.1 Å². The lowest BCUT2D eigenvalue weighted by atomic mass is 9.96. The molecule has 4 aromatic carbocycles. The van der Waals surface area contributed by atoms with Crippen molar-refractivity contribution in [3.8, 4) is 11.3 Å². The minimum atomic E-state index is -4.94. The van der Waals surface area contributed by atoms with E-state index in [0.29, 0.717) is 16.9 Å². The molecule has 0 aliphatic carbocycles. The normalized spacial score (nSPS) is 11.2. The molecule has 0 amide bonds. The Morgan fingerprint density at radius 2 is 1.24 bits per heavy atom. The molecule has 0 aliphatic rings. The number of rotatable bonds is 3. The monoisotopic (exact) mass is 460 g/mol. The standard InChI is InChI=1S/C26H17O2.ClHO4/c27-25(19-10-3-1-4-11-19)23-17-22-21-14-8-7-9-18(21)15-16-24(22)28-26(23)20-12-5-2-6-13-20;2-1(3,4)5/h1-17H;(H,2,3,4,5)/q+1;/p-1. The van der Waals surface area contributed by atoms with E-state index >= 15 is 0 Å². The second-order valence-electron chi connectivity index (χ2n) is 7.13. The molecule has 164 valence electrons. The molecular weight excluding hydrogens is 444 g/mol. The second kappa shape index (κ2) is 9.46. The Morgan fingerprint density at radius 1 is 0.667 bits per heavy atom. The Kier molecular flexibility index (Phi) is 6.46. The predicted molar refractivity (Wildman–Crippen MR) is 113 cm³/mol. The van der Waals surface area contributed by atoms with Gasteiger partial charge in [-0.2, -0.15) is 0 Å². The Morgan fingerprint density at radius 3 is 1.91 bits per heavy atom. The molecule has 0 radical (unpaired) electrons. The fourth-order valence-corrected chi connectivity index (χ4v) is 3.61. The highest BCUT2D eigenvalue weighted by molar-refractivity contribution is 6.15. The zero-order chi connectivity index (χ0) is 23.4. The van der Waals surface area contributed by atoms with Gasteiger partial charge >= 0.3 is 11.3 Å². The van der Waals surface area contributed by atoms with Crippen LogP contribution in [-0.2, 0) is 0 Å². The average Bonchev–Trinajstić information content (AvgIpc) is 2.83. The number of benzene rings is 4. The van der Waals surface area contributed by atoms with E-state index in [2.05, 4.69) is 18.2 Å². The maximum absolute atomic E-state index is 13.4. The van der Waals surface area contributed by atoms with Crippen molar-refractivity contribution in [2.24, 2.45) is 0 Å². The molecule has 0 unspecified atom stereocenters. The van der Waals surface area contributed by atoms with Gasteiger partial charge in [0.15, 0.2) is 0 Å². The van der Waals surface area contributed by atoms with E-state index in [-0.39, 0.29) is 5.78 Å². The van der Waals surface area contributed by atoms with Crippen molar-refractivity contribution in [2.45, 2.75) is 0 Å². The molecule has 0 saturated heterocycles. The molecule has 1 heterocycles. The fraction of sp³-hybridized carbons (Fsp3) is 0. The summed E-state index contributed by atoms with van der Waals surface area (Å²) < 4.78 is 40.3. The van der Waals surface area contributed by atoms with Crippen LogP contribution in [0.15, 0.2) is 108 Å². The van der Waals surface area contributed by atoms with E-state index in [0.717, 1.165) is 27.3 Å². The van der Waals surface area contributed by atoms with Gasteiger partial charge in [0.25, 0.3) is 0 Å². The number of fused-ring (bicyclic) bond motifs is 3. The molecule has 33 heavy (non-hydrogen) atoms. The van der Waals surface area contributed by atoms with Crippen molar-refractivity contribution >= 4 is 27.5 Å². The lowest BCUT2D eigenvalue weighted by molar-refractivity contribution is -2.00. The summed E-state index contributed by atoms with van der Waals surface area (Å²) >= 11 is 0. The summed E-state index contributed by atoms with van der Waals surface area (Å²) in [6, 6.07) is 33.3. The summed E-state index contributed by atoms with van der Waals surface area (Å²) in [4.78, 5) is 13.4. The largest absolute Gasteiger partial charge is 0.371 e. The first-order valence-corrected chi connectivity index (χ1v) is 11.1. The third kappa shape index (κ3) is 5.40. The van der Waals surface area contributed by atoms with Crippen LogP contribution in [0.5, 0.6) is 0 Å². The molecule has 0 bridgehead atoms. The molecule has 0 fully saturated rings. The van der Waals surface area contributed by atoms with Gasteiger partial charge in [-0.05, 0) is 35.0 Å². The van der Waals surface area contributed by atoms with Crippen LogP contribution >= 0.6 is 0 Å². The molecule has 5 rings (SSSR count). The number of hydrogen-bond acceptors (Lipinski definition) is 5. The van der Waals surface area contributed by atoms with E-state index < -0.39 is 10.2 Å². The first kappa shape index (κ1) is 22.5. The zero-order valence-corrected chi connectivity index (χ0v) is 17.9. The van der Waals surface area contributed by atoms with E-state index in [4.69, 9.17) is 23.1 Å². The lowest BCUT2D eigenvalue weighted by Gasteiger charge is -2.17. The van der Waals surface area contributed by atoms with Gasteiger partial charge in [-0.25, -0.2) is 23.1 Å². The van der Waals surface area contributed by atoms with Gasteiger partial charge in [-0.3, -0.25) is 4.79 Å². The molecule has 0 atom stereocenters. The van der Waals surface area contributed by atoms with Gasteiger partial charge in [-0.1, -0.05) is 72.8 Å². The Labute approximate surface area is 191 Å². The third-order valence-electron chi connectivity index (χ3n) is 4.99. The Hall–Kier alpha value is -3.65. The molecule has 0 spiro atoms. The van der Waals surface area contributed by atoms with Gasteiger partial charge in [0.1, 0.15) is 5.56 Å². The van der Waals surface area contributed by atoms with Gasteiger partial charge in [-0.15, -0.1) is 10.2 Å². The molecule has 5 aromatic rings. The van der Waals surface area contributed by atoms with Crippen molar-refractivity contribution in [2.75, 3.05) is 0 Å². The van der Waals surface area contributed by atoms with Crippen LogP contribution in [0, 0.1) is 10.2 Å². The van der Waals surface area contributed by atoms with Crippen LogP contribution in [0.1, 0.15) is 15.9 Å². The van der Waals surface area contributed by atoms with Crippen LogP contribution < -0.4 is 18.6 Å². The fourth-order valence-electron chi connectivity index (χ4n) is 3.61. The number of halogens is 1. The van der Waals surface area contributed by atoms with Gasteiger partial charge in [0.05, 0.1) is 10.9 Å². The molecule has 6 nitrogen and oxygen atoms in total. The first-order chi connectivity index (χ1) is 15.8. The van der Waals surface area contributed by atoms with Gasteiger partial charge in [0, 0.05) is 11.6 Å². The summed E-state index contributed by atoms with van der Waals surface area (Å²) in [5.41, 5.74) is 2.87. The summed E-state index contributed by atoms with van der Waals surface area (Å²) in [6.07, 6.45) is 0. The molecule has 7 heteroatoms. The summed E-state index contributed by atoms with van der Waals surface area (Å²) in [7, 11) is -4.94. The maximum atomic E-state index is 13.4. The highest BCUT2D eigenvalue weighted by Gasteiger charge is 2.27. The van der Waals surface area contributed by atoms with E-state index in [9.17, 15) is 4.79 Å². The number of carbonyl (C=O) groups is 1. The van der Waals surface area contributed by atoms with Gasteiger partial charge in [0.2, 0.25) is 5.78 Å². The van der Waals surface area contributed by atoms with Gasteiger partial charge < -0.3 is 0 Å². The number of hydrogen-bond donors (Lipinski definition) is 0. The molecule has 1 aromatic heterocycles.